The first-order valence-corrected chi connectivity index (χ1v) is 6.82. The second kappa shape index (κ2) is 6.88. The Hall–Kier alpha value is -2.37. The molecule has 0 amide bonds. The van der Waals surface area contributed by atoms with E-state index in [1.165, 1.54) is 7.11 Å². The molecule has 0 unspecified atom stereocenters. The third-order valence-electron chi connectivity index (χ3n) is 2.85. The van der Waals surface area contributed by atoms with E-state index >= 15 is 0 Å². The standard InChI is InChI=1S/C15H19N3O3/c1-10(2)8-13-17-14(21-18-13)9-16-12-6-4-11(5-7-12)15(19)20-3/h4-7,10,16H,8-9H2,1-3H3. The fourth-order valence-electron chi connectivity index (χ4n) is 1.83. The number of anilines is 1. The van der Waals surface area contributed by atoms with E-state index in [4.69, 9.17) is 4.52 Å². The first kappa shape index (κ1) is 15.0. The fraction of sp³-hybridized carbons (Fsp3) is 0.400. The number of nitrogens with one attached hydrogen (secondary N) is 1. The molecule has 0 saturated heterocycles. The molecule has 0 aliphatic carbocycles. The average Bonchev–Trinajstić information content (AvgIpc) is 2.91. The van der Waals surface area contributed by atoms with Gasteiger partial charge in [0.2, 0.25) is 5.89 Å². The van der Waals surface area contributed by atoms with Crippen molar-refractivity contribution in [3.63, 3.8) is 0 Å². The Morgan fingerprint density at radius 3 is 2.67 bits per heavy atom. The summed E-state index contributed by atoms with van der Waals surface area (Å²) in [5.74, 6) is 1.41. The van der Waals surface area contributed by atoms with E-state index in [-0.39, 0.29) is 5.97 Å². The van der Waals surface area contributed by atoms with Crippen LogP contribution in [0.4, 0.5) is 5.69 Å². The van der Waals surface area contributed by atoms with Gasteiger partial charge in [0.1, 0.15) is 0 Å². The number of methoxy groups -OCH3 is 1. The highest BCUT2D eigenvalue weighted by atomic mass is 16.5. The number of carbonyl (C=O) groups excluding carboxylic acids is 1. The smallest absolute Gasteiger partial charge is 0.337 e. The molecule has 2 aromatic rings. The van der Waals surface area contributed by atoms with Gasteiger partial charge in [-0.2, -0.15) is 4.98 Å². The van der Waals surface area contributed by atoms with Crippen LogP contribution in [0.1, 0.15) is 35.9 Å². The number of hydrogen-bond acceptors (Lipinski definition) is 6. The molecular weight excluding hydrogens is 270 g/mol. The van der Waals surface area contributed by atoms with Crippen molar-refractivity contribution >= 4 is 11.7 Å². The first-order valence-electron chi connectivity index (χ1n) is 6.82. The Labute approximate surface area is 123 Å². The van der Waals surface area contributed by atoms with E-state index in [9.17, 15) is 4.79 Å². The largest absolute Gasteiger partial charge is 0.465 e. The van der Waals surface area contributed by atoms with E-state index in [0.29, 0.717) is 23.9 Å². The predicted octanol–water partition coefficient (Wildman–Crippen LogP) is 2.67. The molecule has 21 heavy (non-hydrogen) atoms. The number of esters is 1. The van der Waals surface area contributed by atoms with Crippen LogP contribution in [0.2, 0.25) is 0 Å². The Kier molecular flexibility index (Phi) is 4.92. The number of nitrogens with zero attached hydrogens (tertiary/aromatic N) is 2. The summed E-state index contributed by atoms with van der Waals surface area (Å²) in [6.07, 6.45) is 0.803. The van der Waals surface area contributed by atoms with Crippen LogP contribution >= 0.6 is 0 Å². The molecule has 0 fully saturated rings. The highest BCUT2D eigenvalue weighted by molar-refractivity contribution is 5.89. The van der Waals surface area contributed by atoms with Gasteiger partial charge in [-0.05, 0) is 30.2 Å². The number of aromatic nitrogens is 2. The Bertz CT molecular complexity index is 590. The van der Waals surface area contributed by atoms with E-state index in [0.717, 1.165) is 17.9 Å². The summed E-state index contributed by atoms with van der Waals surface area (Å²) in [7, 11) is 1.36. The van der Waals surface area contributed by atoms with Crippen molar-refractivity contribution < 1.29 is 14.1 Å². The molecule has 6 heteroatoms. The van der Waals surface area contributed by atoms with Crippen molar-refractivity contribution in [3.8, 4) is 0 Å². The third-order valence-corrected chi connectivity index (χ3v) is 2.85. The van der Waals surface area contributed by atoms with Crippen molar-refractivity contribution in [2.75, 3.05) is 12.4 Å². The van der Waals surface area contributed by atoms with Crippen molar-refractivity contribution in [2.24, 2.45) is 5.92 Å². The average molecular weight is 289 g/mol. The highest BCUT2D eigenvalue weighted by Gasteiger charge is 2.08. The van der Waals surface area contributed by atoms with Crippen LogP contribution < -0.4 is 5.32 Å². The fourth-order valence-corrected chi connectivity index (χ4v) is 1.83. The minimum absolute atomic E-state index is 0.350. The molecule has 0 saturated carbocycles. The summed E-state index contributed by atoms with van der Waals surface area (Å²) < 4.78 is 9.82. The van der Waals surface area contributed by atoms with Gasteiger partial charge in [-0.15, -0.1) is 0 Å². The van der Waals surface area contributed by atoms with Crippen LogP contribution in [-0.2, 0) is 17.7 Å². The topological polar surface area (TPSA) is 77.2 Å². The molecule has 6 nitrogen and oxygen atoms in total. The van der Waals surface area contributed by atoms with Crippen LogP contribution in [0.5, 0.6) is 0 Å². The molecular formula is C15H19N3O3. The third kappa shape index (κ3) is 4.30. The van der Waals surface area contributed by atoms with Gasteiger partial charge < -0.3 is 14.6 Å². The maximum Gasteiger partial charge on any atom is 0.337 e. The number of ether oxygens (including phenoxy) is 1. The maximum atomic E-state index is 11.3. The lowest BCUT2D eigenvalue weighted by molar-refractivity contribution is 0.0601. The molecule has 1 aromatic heterocycles. The Morgan fingerprint density at radius 1 is 1.33 bits per heavy atom. The lowest BCUT2D eigenvalue weighted by atomic mass is 10.1. The molecule has 0 spiro atoms. The minimum atomic E-state index is -0.350. The number of carbonyl (C=O) groups is 1. The van der Waals surface area contributed by atoms with Crippen LogP contribution in [-0.4, -0.2) is 23.2 Å². The molecule has 1 N–H and O–H groups in total. The molecule has 0 aliphatic rings. The zero-order valence-electron chi connectivity index (χ0n) is 12.4. The van der Waals surface area contributed by atoms with Gasteiger partial charge in [0.05, 0.1) is 19.2 Å². The summed E-state index contributed by atoms with van der Waals surface area (Å²) in [4.78, 5) is 15.6. The van der Waals surface area contributed by atoms with E-state index < -0.39 is 0 Å². The van der Waals surface area contributed by atoms with Gasteiger partial charge in [0.25, 0.3) is 0 Å². The molecule has 112 valence electrons. The van der Waals surface area contributed by atoms with Crippen molar-refractivity contribution in [2.45, 2.75) is 26.8 Å². The van der Waals surface area contributed by atoms with E-state index in [1.54, 1.807) is 24.3 Å². The summed E-state index contributed by atoms with van der Waals surface area (Å²) in [5, 5.41) is 7.09. The number of hydrogen-bond donors (Lipinski definition) is 1. The zero-order chi connectivity index (χ0) is 15.2. The normalized spacial score (nSPS) is 10.7. The van der Waals surface area contributed by atoms with Gasteiger partial charge in [-0.1, -0.05) is 19.0 Å². The molecule has 0 bridgehead atoms. The molecule has 0 atom stereocenters. The van der Waals surface area contributed by atoms with Gasteiger partial charge in [-0.25, -0.2) is 4.79 Å². The van der Waals surface area contributed by atoms with Gasteiger partial charge in [0, 0.05) is 12.1 Å². The SMILES string of the molecule is COC(=O)c1ccc(NCc2nc(CC(C)C)no2)cc1. The zero-order valence-corrected chi connectivity index (χ0v) is 12.4. The van der Waals surface area contributed by atoms with Crippen molar-refractivity contribution in [3.05, 3.63) is 41.5 Å². The number of rotatable bonds is 6. The van der Waals surface area contributed by atoms with Crippen LogP contribution in [0.3, 0.4) is 0 Å². The summed E-state index contributed by atoms with van der Waals surface area (Å²) in [6, 6.07) is 7.01. The van der Waals surface area contributed by atoms with E-state index in [2.05, 4.69) is 34.0 Å². The molecule has 2 rings (SSSR count). The van der Waals surface area contributed by atoms with E-state index in [1.807, 2.05) is 0 Å². The number of benzene rings is 1. The molecule has 0 aliphatic heterocycles. The maximum absolute atomic E-state index is 11.3. The van der Waals surface area contributed by atoms with Gasteiger partial charge in [0.15, 0.2) is 5.82 Å². The first-order chi connectivity index (χ1) is 10.1. The minimum Gasteiger partial charge on any atom is -0.465 e. The lowest BCUT2D eigenvalue weighted by Crippen LogP contribution is -2.03. The Morgan fingerprint density at radius 2 is 2.05 bits per heavy atom. The second-order valence-corrected chi connectivity index (χ2v) is 5.12. The summed E-state index contributed by atoms with van der Waals surface area (Å²) in [6.45, 7) is 4.66. The summed E-state index contributed by atoms with van der Waals surface area (Å²) in [5.41, 5.74) is 1.38. The van der Waals surface area contributed by atoms with Crippen LogP contribution in [0.15, 0.2) is 28.8 Å². The predicted molar refractivity (Wildman–Crippen MR) is 77.9 cm³/mol. The Balaban J connectivity index is 1.90. The van der Waals surface area contributed by atoms with Crippen molar-refractivity contribution in [1.82, 2.24) is 10.1 Å². The quantitative estimate of drug-likeness (QED) is 0.824. The molecule has 1 heterocycles. The van der Waals surface area contributed by atoms with Crippen LogP contribution in [0, 0.1) is 5.92 Å². The molecule has 1 aromatic carbocycles. The lowest BCUT2D eigenvalue weighted by Gasteiger charge is -2.04. The summed E-state index contributed by atoms with van der Waals surface area (Å²) >= 11 is 0. The highest BCUT2D eigenvalue weighted by Crippen LogP contribution is 2.12. The van der Waals surface area contributed by atoms with Gasteiger partial charge >= 0.3 is 5.97 Å². The monoisotopic (exact) mass is 289 g/mol. The van der Waals surface area contributed by atoms with Gasteiger partial charge in [-0.3, -0.25) is 0 Å². The molecule has 0 radical (unpaired) electrons. The van der Waals surface area contributed by atoms with Crippen molar-refractivity contribution in [1.29, 1.82) is 0 Å². The van der Waals surface area contributed by atoms with Crippen LogP contribution in [0.25, 0.3) is 0 Å². The second-order valence-electron chi connectivity index (χ2n) is 5.12.